The molecule has 2 saturated heterocycles. The zero-order chi connectivity index (χ0) is 32.5. The standard InChI is InChI=1S/C35H41ClN10O2/c36-25-2-11-30-31(12-15-38-32(30)24-25)37-13-1-14-39-33-42-34(40-26-3-7-28(8-4-26)45-16-20-47-21-17-45)44-35(43-33)41-27-5-9-29(10-6-27)46-18-22-48-23-19-46/h2-12,15,24,30,32,37H,1,13-14,16-23H2,(H3,39,40,41,42,43,44). The molecule has 0 amide bonds. The number of aliphatic imine (C=N–C) groups is 1. The Balaban J connectivity index is 1.00. The molecule has 2 atom stereocenters. The Hall–Kier alpha value is -4.65. The highest BCUT2D eigenvalue weighted by atomic mass is 35.5. The van der Waals surface area contributed by atoms with Gasteiger partial charge in [0.05, 0.1) is 32.5 Å². The number of nitrogens with one attached hydrogen (secondary N) is 4. The molecule has 3 aromatic rings. The van der Waals surface area contributed by atoms with Gasteiger partial charge >= 0.3 is 0 Å². The number of fused-ring (bicyclic) bond motifs is 1. The molecule has 0 spiro atoms. The summed E-state index contributed by atoms with van der Waals surface area (Å²) in [4.78, 5) is 23.3. The van der Waals surface area contributed by atoms with Gasteiger partial charge in [-0.1, -0.05) is 17.7 Å². The summed E-state index contributed by atoms with van der Waals surface area (Å²) in [5.41, 5.74) is 5.27. The Labute approximate surface area is 286 Å². The van der Waals surface area contributed by atoms with Gasteiger partial charge in [-0.2, -0.15) is 15.0 Å². The van der Waals surface area contributed by atoms with Crippen LogP contribution in [0.25, 0.3) is 0 Å². The largest absolute Gasteiger partial charge is 0.388 e. The number of ether oxygens (including phenoxy) is 2. The lowest BCUT2D eigenvalue weighted by Gasteiger charge is -2.29. The van der Waals surface area contributed by atoms with Crippen LogP contribution in [0.3, 0.4) is 0 Å². The predicted octanol–water partition coefficient (Wildman–Crippen LogP) is 5.07. The molecule has 12 nitrogen and oxygen atoms in total. The van der Waals surface area contributed by atoms with Gasteiger partial charge in [0.15, 0.2) is 0 Å². The van der Waals surface area contributed by atoms with Gasteiger partial charge in [-0.15, -0.1) is 0 Å². The molecule has 4 heterocycles. The number of nitrogens with zero attached hydrogens (tertiary/aromatic N) is 6. The van der Waals surface area contributed by atoms with Gasteiger partial charge in [0.2, 0.25) is 17.8 Å². The summed E-state index contributed by atoms with van der Waals surface area (Å²) in [5, 5.41) is 14.4. The molecule has 250 valence electrons. The van der Waals surface area contributed by atoms with E-state index in [9.17, 15) is 0 Å². The predicted molar refractivity (Wildman–Crippen MR) is 193 cm³/mol. The smallest absolute Gasteiger partial charge is 0.233 e. The third-order valence-corrected chi connectivity index (χ3v) is 8.88. The molecule has 4 aliphatic rings. The molecule has 2 aromatic carbocycles. The van der Waals surface area contributed by atoms with Gasteiger partial charge in [0, 0.05) is 84.9 Å². The van der Waals surface area contributed by atoms with Crippen molar-refractivity contribution in [2.75, 3.05) is 91.4 Å². The van der Waals surface area contributed by atoms with Crippen molar-refractivity contribution < 1.29 is 9.47 Å². The van der Waals surface area contributed by atoms with Crippen LogP contribution in [-0.2, 0) is 9.47 Å². The molecule has 7 rings (SSSR count). The summed E-state index contributed by atoms with van der Waals surface area (Å²) < 4.78 is 11.0. The van der Waals surface area contributed by atoms with Crippen molar-refractivity contribution in [3.05, 3.63) is 83.6 Å². The van der Waals surface area contributed by atoms with Crippen LogP contribution in [0, 0.1) is 5.92 Å². The van der Waals surface area contributed by atoms with Gasteiger partial charge in [0.25, 0.3) is 0 Å². The average Bonchev–Trinajstić information content (AvgIpc) is 3.13. The Morgan fingerprint density at radius 2 is 1.25 bits per heavy atom. The van der Waals surface area contributed by atoms with E-state index < -0.39 is 0 Å². The summed E-state index contributed by atoms with van der Waals surface area (Å²) in [6.45, 7) is 8.03. The summed E-state index contributed by atoms with van der Waals surface area (Å²) >= 11 is 6.19. The Kier molecular flexibility index (Phi) is 10.3. The Morgan fingerprint density at radius 3 is 1.83 bits per heavy atom. The van der Waals surface area contributed by atoms with Crippen molar-refractivity contribution in [1.29, 1.82) is 0 Å². The maximum atomic E-state index is 6.19. The van der Waals surface area contributed by atoms with Crippen molar-refractivity contribution in [3.63, 3.8) is 0 Å². The number of hydrogen-bond donors (Lipinski definition) is 4. The quantitative estimate of drug-likeness (QED) is 0.194. The maximum absolute atomic E-state index is 6.19. The highest BCUT2D eigenvalue weighted by Crippen LogP contribution is 2.29. The zero-order valence-electron chi connectivity index (χ0n) is 26.8. The van der Waals surface area contributed by atoms with E-state index in [1.807, 2.05) is 48.7 Å². The van der Waals surface area contributed by atoms with Crippen LogP contribution in [0.2, 0.25) is 0 Å². The van der Waals surface area contributed by atoms with Crippen LogP contribution < -0.4 is 31.1 Å². The lowest BCUT2D eigenvalue weighted by atomic mass is 9.90. The number of hydrogen-bond acceptors (Lipinski definition) is 12. The molecular weight excluding hydrogens is 628 g/mol. The Morgan fingerprint density at radius 1 is 0.708 bits per heavy atom. The first-order valence-electron chi connectivity index (χ1n) is 16.6. The van der Waals surface area contributed by atoms with Crippen molar-refractivity contribution in [2.45, 2.75) is 12.5 Å². The number of anilines is 7. The Bertz CT molecular complexity index is 1570. The fraction of sp³-hybridized carbons (Fsp3) is 0.371. The minimum atomic E-state index is 0.0429. The van der Waals surface area contributed by atoms with Crippen LogP contribution in [0.5, 0.6) is 0 Å². The van der Waals surface area contributed by atoms with E-state index in [1.165, 1.54) is 11.4 Å². The first-order chi connectivity index (χ1) is 23.7. The van der Waals surface area contributed by atoms with Crippen LogP contribution >= 0.6 is 11.6 Å². The van der Waals surface area contributed by atoms with Crippen LogP contribution in [-0.4, -0.2) is 92.9 Å². The second-order valence-electron chi connectivity index (χ2n) is 11.9. The highest BCUT2D eigenvalue weighted by molar-refractivity contribution is 6.31. The lowest BCUT2D eigenvalue weighted by molar-refractivity contribution is 0.122. The van der Waals surface area contributed by atoms with Crippen LogP contribution in [0.1, 0.15) is 6.42 Å². The SMILES string of the molecule is ClC1=CC2N=CC=C(NCCCNc3nc(Nc4ccc(N5CCOCC5)cc4)nc(Nc4ccc(N5CCOCC5)cc4)n3)C2C=C1. The normalized spacial score (nSPS) is 20.4. The number of aromatic nitrogens is 3. The highest BCUT2D eigenvalue weighted by Gasteiger charge is 2.25. The van der Waals surface area contributed by atoms with Gasteiger partial charge in [-0.3, -0.25) is 4.99 Å². The van der Waals surface area contributed by atoms with Crippen molar-refractivity contribution in [1.82, 2.24) is 20.3 Å². The molecule has 0 bridgehead atoms. The van der Waals surface area contributed by atoms with Crippen molar-refractivity contribution in [3.8, 4) is 0 Å². The molecule has 48 heavy (non-hydrogen) atoms. The summed E-state index contributed by atoms with van der Waals surface area (Å²) in [6, 6.07) is 16.7. The van der Waals surface area contributed by atoms with Gasteiger partial charge in [-0.05, 0) is 73.2 Å². The fourth-order valence-corrected chi connectivity index (χ4v) is 6.27. The van der Waals surface area contributed by atoms with E-state index in [2.05, 4.69) is 66.4 Å². The monoisotopic (exact) mass is 668 g/mol. The molecule has 3 aliphatic heterocycles. The van der Waals surface area contributed by atoms with E-state index in [4.69, 9.17) is 36.0 Å². The molecule has 1 aromatic heterocycles. The van der Waals surface area contributed by atoms with E-state index in [1.54, 1.807) is 0 Å². The topological polar surface area (TPSA) is 124 Å². The molecular formula is C35H41ClN10O2. The third kappa shape index (κ3) is 8.25. The van der Waals surface area contributed by atoms with E-state index in [-0.39, 0.29) is 12.0 Å². The second kappa shape index (κ2) is 15.5. The summed E-state index contributed by atoms with van der Waals surface area (Å²) in [5.74, 6) is 1.57. The molecule has 0 radical (unpaired) electrons. The molecule has 0 saturated carbocycles. The van der Waals surface area contributed by atoms with E-state index in [0.29, 0.717) is 24.4 Å². The van der Waals surface area contributed by atoms with E-state index in [0.717, 1.165) is 87.7 Å². The first kappa shape index (κ1) is 31.9. The van der Waals surface area contributed by atoms with Crippen LogP contribution in [0.4, 0.5) is 40.6 Å². The number of morpholine rings is 2. The molecule has 2 fully saturated rings. The zero-order valence-corrected chi connectivity index (χ0v) is 27.6. The number of allylic oxidation sites excluding steroid dienone is 3. The number of benzene rings is 2. The minimum absolute atomic E-state index is 0.0429. The van der Waals surface area contributed by atoms with E-state index >= 15 is 0 Å². The molecule has 4 N–H and O–H groups in total. The minimum Gasteiger partial charge on any atom is -0.388 e. The van der Waals surface area contributed by atoms with Crippen molar-refractivity contribution in [2.24, 2.45) is 10.9 Å². The van der Waals surface area contributed by atoms with Crippen molar-refractivity contribution >= 4 is 58.4 Å². The van der Waals surface area contributed by atoms with Crippen LogP contribution in [0.15, 0.2) is 88.6 Å². The first-order valence-corrected chi connectivity index (χ1v) is 17.0. The summed E-state index contributed by atoms with van der Waals surface area (Å²) in [7, 11) is 0. The fourth-order valence-electron chi connectivity index (χ4n) is 6.07. The van der Waals surface area contributed by atoms with Gasteiger partial charge in [0.1, 0.15) is 0 Å². The summed E-state index contributed by atoms with van der Waals surface area (Å²) in [6.07, 6.45) is 10.8. The molecule has 2 unspecified atom stereocenters. The number of rotatable bonds is 12. The lowest BCUT2D eigenvalue weighted by Crippen LogP contribution is -2.36. The molecule has 13 heteroatoms. The number of halogens is 1. The average molecular weight is 669 g/mol. The third-order valence-electron chi connectivity index (χ3n) is 8.63. The van der Waals surface area contributed by atoms with Gasteiger partial charge < -0.3 is 40.5 Å². The number of dihydropyridines is 1. The molecule has 1 aliphatic carbocycles. The maximum Gasteiger partial charge on any atom is 0.233 e. The second-order valence-corrected chi connectivity index (χ2v) is 12.3. The van der Waals surface area contributed by atoms with Gasteiger partial charge in [-0.25, -0.2) is 0 Å².